The van der Waals surface area contributed by atoms with E-state index in [1.807, 2.05) is 25.1 Å². The zero-order valence-electron chi connectivity index (χ0n) is 12.5. The van der Waals surface area contributed by atoms with E-state index in [4.69, 9.17) is 4.74 Å². The molecule has 0 N–H and O–H groups in total. The van der Waals surface area contributed by atoms with Crippen LogP contribution in [0.4, 0.5) is 0 Å². The van der Waals surface area contributed by atoms with Crippen molar-refractivity contribution in [2.24, 2.45) is 0 Å². The van der Waals surface area contributed by atoms with Crippen molar-refractivity contribution in [1.82, 2.24) is 0 Å². The molecular weight excluding hydrogens is 292 g/mol. The Hall–Kier alpha value is -1.56. The van der Waals surface area contributed by atoms with Crippen LogP contribution < -0.4 is 4.74 Å². The number of hydrogen-bond donors (Lipinski definition) is 0. The molecule has 0 aliphatic carbocycles. The summed E-state index contributed by atoms with van der Waals surface area (Å²) in [6, 6.07) is 5.82. The van der Waals surface area contributed by atoms with E-state index < -0.39 is 21.1 Å². The maximum atomic E-state index is 12.3. The molecule has 5 nitrogen and oxygen atoms in total. The first kappa shape index (κ1) is 15.8. The summed E-state index contributed by atoms with van der Waals surface area (Å²) >= 11 is 0. The number of carbonyl (C=O) groups excluding carboxylic acids is 1. The van der Waals surface area contributed by atoms with E-state index in [2.05, 4.69) is 4.74 Å². The summed E-state index contributed by atoms with van der Waals surface area (Å²) in [5.41, 5.74) is 2.16. The highest BCUT2D eigenvalue weighted by atomic mass is 32.2. The van der Waals surface area contributed by atoms with Crippen LogP contribution in [0.2, 0.25) is 0 Å². The molecule has 1 aromatic rings. The largest absolute Gasteiger partial charge is 0.489 e. The summed E-state index contributed by atoms with van der Waals surface area (Å²) in [5, 5.41) is -0.765. The van der Waals surface area contributed by atoms with Crippen LogP contribution in [0.15, 0.2) is 18.2 Å². The molecule has 0 aromatic heterocycles. The third-order valence-corrected chi connectivity index (χ3v) is 5.90. The maximum Gasteiger partial charge on any atom is 0.306 e. The van der Waals surface area contributed by atoms with Gasteiger partial charge in [0, 0.05) is 6.42 Å². The molecule has 2 rings (SSSR count). The molecule has 6 heteroatoms. The molecule has 21 heavy (non-hydrogen) atoms. The van der Waals surface area contributed by atoms with Gasteiger partial charge in [0.05, 0.1) is 24.5 Å². The lowest BCUT2D eigenvalue weighted by molar-refractivity contribution is -0.140. The molecule has 1 aromatic carbocycles. The summed E-state index contributed by atoms with van der Waals surface area (Å²) in [4.78, 5) is 11.2. The second-order valence-corrected chi connectivity index (χ2v) is 7.94. The summed E-state index contributed by atoms with van der Waals surface area (Å²) in [7, 11) is -2.15. The van der Waals surface area contributed by atoms with Crippen LogP contribution in [0, 0.1) is 6.92 Å². The van der Waals surface area contributed by atoms with Crippen LogP contribution in [0.5, 0.6) is 5.75 Å². The number of ether oxygens (including phenoxy) is 2. The minimum Gasteiger partial charge on any atom is -0.489 e. The standard InChI is InChI=1S/C15H20O5S/c1-10-4-5-14-12(6-10)8-13(20-14)9-21(17,18)11(2)7-15(16)19-3/h4-6,11,13H,7-9H2,1-3H3. The lowest BCUT2D eigenvalue weighted by atomic mass is 10.1. The number of carbonyl (C=O) groups is 1. The average molecular weight is 312 g/mol. The first-order valence-electron chi connectivity index (χ1n) is 6.86. The van der Waals surface area contributed by atoms with E-state index in [0.29, 0.717) is 6.42 Å². The predicted molar refractivity (Wildman–Crippen MR) is 79.2 cm³/mol. The Morgan fingerprint density at radius 2 is 2.19 bits per heavy atom. The summed E-state index contributed by atoms with van der Waals surface area (Å²) < 4.78 is 34.7. The van der Waals surface area contributed by atoms with Gasteiger partial charge in [0.1, 0.15) is 11.9 Å². The van der Waals surface area contributed by atoms with Crippen LogP contribution in [-0.4, -0.2) is 38.6 Å². The second-order valence-electron chi connectivity index (χ2n) is 5.48. The van der Waals surface area contributed by atoms with Crippen molar-refractivity contribution in [3.05, 3.63) is 29.3 Å². The molecule has 0 bridgehead atoms. The van der Waals surface area contributed by atoms with Gasteiger partial charge in [0.25, 0.3) is 0 Å². The van der Waals surface area contributed by atoms with Crippen molar-refractivity contribution in [3.8, 4) is 5.75 Å². The Morgan fingerprint density at radius 1 is 1.48 bits per heavy atom. The van der Waals surface area contributed by atoms with E-state index in [0.717, 1.165) is 16.9 Å². The van der Waals surface area contributed by atoms with E-state index in [9.17, 15) is 13.2 Å². The smallest absolute Gasteiger partial charge is 0.306 e. The lowest BCUT2D eigenvalue weighted by Gasteiger charge is -2.15. The summed E-state index contributed by atoms with van der Waals surface area (Å²) in [6.07, 6.45) is 0.0746. The topological polar surface area (TPSA) is 69.7 Å². The fraction of sp³-hybridized carbons (Fsp3) is 0.533. The van der Waals surface area contributed by atoms with Gasteiger partial charge in [-0.3, -0.25) is 4.79 Å². The number of hydrogen-bond acceptors (Lipinski definition) is 5. The second kappa shape index (κ2) is 6.05. The van der Waals surface area contributed by atoms with Crippen LogP contribution in [0.25, 0.3) is 0 Å². The normalized spacial score (nSPS) is 18.7. The van der Waals surface area contributed by atoms with Crippen LogP contribution >= 0.6 is 0 Å². The highest BCUT2D eigenvalue weighted by Gasteiger charge is 2.32. The van der Waals surface area contributed by atoms with E-state index >= 15 is 0 Å². The van der Waals surface area contributed by atoms with Crippen LogP contribution in [0.3, 0.4) is 0 Å². The number of methoxy groups -OCH3 is 1. The zero-order chi connectivity index (χ0) is 15.6. The Labute approximate surface area is 125 Å². The first-order valence-corrected chi connectivity index (χ1v) is 8.58. The molecule has 116 valence electrons. The number of fused-ring (bicyclic) bond motifs is 1. The Kier molecular flexibility index (Phi) is 4.56. The van der Waals surface area contributed by atoms with E-state index in [1.165, 1.54) is 14.0 Å². The maximum absolute atomic E-state index is 12.3. The molecule has 1 heterocycles. The van der Waals surface area contributed by atoms with Crippen molar-refractivity contribution in [2.45, 2.75) is 38.0 Å². The number of sulfone groups is 1. The molecule has 1 aliphatic heterocycles. The minimum atomic E-state index is -3.40. The first-order chi connectivity index (χ1) is 9.81. The highest BCUT2D eigenvalue weighted by molar-refractivity contribution is 7.92. The van der Waals surface area contributed by atoms with Crippen molar-refractivity contribution in [2.75, 3.05) is 12.9 Å². The third-order valence-electron chi connectivity index (χ3n) is 3.67. The molecule has 2 unspecified atom stereocenters. The van der Waals surface area contributed by atoms with Gasteiger partial charge in [0.2, 0.25) is 0 Å². The van der Waals surface area contributed by atoms with Gasteiger partial charge in [0.15, 0.2) is 9.84 Å². The van der Waals surface area contributed by atoms with E-state index in [1.54, 1.807) is 0 Å². The van der Waals surface area contributed by atoms with Gasteiger partial charge in [-0.25, -0.2) is 8.42 Å². The monoisotopic (exact) mass is 312 g/mol. The van der Waals surface area contributed by atoms with Crippen molar-refractivity contribution >= 4 is 15.8 Å². The van der Waals surface area contributed by atoms with Gasteiger partial charge < -0.3 is 9.47 Å². The molecule has 0 saturated carbocycles. The summed E-state index contributed by atoms with van der Waals surface area (Å²) in [5.74, 6) is 0.151. The van der Waals surface area contributed by atoms with Gasteiger partial charge in [-0.05, 0) is 25.5 Å². The Morgan fingerprint density at radius 3 is 2.86 bits per heavy atom. The Bertz CT molecular complexity index is 635. The lowest BCUT2D eigenvalue weighted by Crippen LogP contribution is -2.32. The summed E-state index contributed by atoms with van der Waals surface area (Å²) in [6.45, 7) is 3.52. The van der Waals surface area contributed by atoms with Gasteiger partial charge >= 0.3 is 5.97 Å². The number of esters is 1. The van der Waals surface area contributed by atoms with Gasteiger partial charge in [-0.2, -0.15) is 0 Å². The minimum absolute atomic E-state index is 0.0844. The van der Waals surface area contributed by atoms with Crippen molar-refractivity contribution < 1.29 is 22.7 Å². The molecule has 2 atom stereocenters. The van der Waals surface area contributed by atoms with Crippen molar-refractivity contribution in [1.29, 1.82) is 0 Å². The fourth-order valence-corrected chi connectivity index (χ4v) is 3.83. The average Bonchev–Trinajstić information content (AvgIpc) is 2.78. The molecule has 0 spiro atoms. The molecule has 1 aliphatic rings. The number of rotatable bonds is 5. The molecular formula is C15H20O5S. The van der Waals surface area contributed by atoms with Crippen LogP contribution in [-0.2, 0) is 25.8 Å². The highest BCUT2D eigenvalue weighted by Crippen LogP contribution is 2.30. The van der Waals surface area contributed by atoms with Crippen LogP contribution in [0.1, 0.15) is 24.5 Å². The number of benzene rings is 1. The molecule has 0 amide bonds. The van der Waals surface area contributed by atoms with Gasteiger partial charge in [-0.15, -0.1) is 0 Å². The molecule has 0 saturated heterocycles. The van der Waals surface area contributed by atoms with E-state index in [-0.39, 0.29) is 18.3 Å². The molecule has 0 radical (unpaired) electrons. The SMILES string of the molecule is COC(=O)CC(C)S(=O)(=O)CC1Cc2cc(C)ccc2O1. The predicted octanol–water partition coefficient (Wildman–Crippen LogP) is 1.66. The van der Waals surface area contributed by atoms with Crippen molar-refractivity contribution in [3.63, 3.8) is 0 Å². The molecule has 0 fully saturated rings. The van der Waals surface area contributed by atoms with Gasteiger partial charge in [-0.1, -0.05) is 17.7 Å². The zero-order valence-corrected chi connectivity index (χ0v) is 13.3. The fourth-order valence-electron chi connectivity index (χ4n) is 2.41. The number of aryl methyl sites for hydroxylation is 1. The Balaban J connectivity index is 2.01. The third kappa shape index (κ3) is 3.75. The quantitative estimate of drug-likeness (QED) is 0.774.